The van der Waals surface area contributed by atoms with Gasteiger partial charge in [-0.1, -0.05) is 13.8 Å². The van der Waals surface area contributed by atoms with Crippen molar-refractivity contribution < 1.29 is 4.42 Å². The van der Waals surface area contributed by atoms with E-state index in [1.165, 1.54) is 24.4 Å². The molecule has 1 saturated carbocycles. The minimum absolute atomic E-state index is 0.382. The molecule has 0 aromatic carbocycles. The lowest BCUT2D eigenvalue weighted by Crippen LogP contribution is -2.24. The molecule has 1 aliphatic carbocycles. The maximum absolute atomic E-state index is 5.97. The van der Waals surface area contributed by atoms with Crippen LogP contribution in [0.25, 0.3) is 0 Å². The highest BCUT2D eigenvalue weighted by Crippen LogP contribution is 2.48. The lowest BCUT2D eigenvalue weighted by atomic mass is 10.2. The van der Waals surface area contributed by atoms with Gasteiger partial charge in [0.2, 0.25) is 0 Å². The first kappa shape index (κ1) is 10.7. The topological polar surface area (TPSA) is 25.2 Å². The van der Waals surface area contributed by atoms with Crippen molar-refractivity contribution in [3.8, 4) is 0 Å². The van der Waals surface area contributed by atoms with Crippen LogP contribution in [0, 0.1) is 5.92 Å². The fourth-order valence-electron chi connectivity index (χ4n) is 2.35. The molecule has 88 valence electrons. The third kappa shape index (κ3) is 1.91. The molecule has 16 heavy (non-hydrogen) atoms. The second-order valence-electron chi connectivity index (χ2n) is 5.04. The molecule has 0 bridgehead atoms. The smallest absolute Gasteiger partial charge is 0.131 e. The minimum atomic E-state index is 0.382. The third-order valence-corrected chi connectivity index (χ3v) is 5.02. The van der Waals surface area contributed by atoms with Gasteiger partial charge in [-0.3, -0.25) is 5.32 Å². The van der Waals surface area contributed by atoms with E-state index in [0.29, 0.717) is 17.3 Å². The fourth-order valence-corrected chi connectivity index (χ4v) is 3.69. The van der Waals surface area contributed by atoms with E-state index >= 15 is 0 Å². The van der Waals surface area contributed by atoms with Gasteiger partial charge in [-0.15, -0.1) is 11.8 Å². The molecule has 1 aliphatic heterocycles. The number of thioether (sulfide) groups is 1. The van der Waals surface area contributed by atoms with E-state index in [-0.39, 0.29) is 0 Å². The normalized spacial score (nSPS) is 37.9. The van der Waals surface area contributed by atoms with Gasteiger partial charge in [0.15, 0.2) is 0 Å². The van der Waals surface area contributed by atoms with Crippen LogP contribution in [0.4, 0.5) is 0 Å². The fraction of sp³-hybridized carbons (Fsp3) is 0.692. The molecular formula is C13H19NOS. The summed E-state index contributed by atoms with van der Waals surface area (Å²) >= 11 is 1.97. The third-order valence-electron chi connectivity index (χ3n) is 3.72. The van der Waals surface area contributed by atoms with Crippen molar-refractivity contribution in [1.82, 2.24) is 5.32 Å². The highest BCUT2D eigenvalue weighted by atomic mass is 32.2. The Morgan fingerprint density at radius 3 is 2.81 bits per heavy atom. The van der Waals surface area contributed by atoms with Crippen LogP contribution in [0.3, 0.4) is 0 Å². The van der Waals surface area contributed by atoms with Gasteiger partial charge in [0.05, 0.1) is 0 Å². The van der Waals surface area contributed by atoms with Gasteiger partial charge in [0, 0.05) is 17.7 Å². The summed E-state index contributed by atoms with van der Waals surface area (Å²) in [5.41, 5.74) is 0. The highest BCUT2D eigenvalue weighted by molar-refractivity contribution is 7.99. The van der Waals surface area contributed by atoms with Gasteiger partial charge in [-0.2, -0.15) is 0 Å². The summed E-state index contributed by atoms with van der Waals surface area (Å²) < 4.78 is 5.97. The lowest BCUT2D eigenvalue weighted by molar-refractivity contribution is 0.430. The summed E-state index contributed by atoms with van der Waals surface area (Å²) in [5.74, 6) is 5.05. The van der Waals surface area contributed by atoms with Gasteiger partial charge in [0.25, 0.3) is 0 Å². The molecule has 2 aliphatic rings. The zero-order valence-corrected chi connectivity index (χ0v) is 10.7. The highest BCUT2D eigenvalue weighted by Gasteiger charge is 2.37. The van der Waals surface area contributed by atoms with Crippen LogP contribution in [0.5, 0.6) is 0 Å². The summed E-state index contributed by atoms with van der Waals surface area (Å²) in [6.45, 7) is 4.53. The van der Waals surface area contributed by atoms with Gasteiger partial charge in [-0.25, -0.2) is 0 Å². The van der Waals surface area contributed by atoms with E-state index in [4.69, 9.17) is 4.42 Å². The van der Waals surface area contributed by atoms with Crippen molar-refractivity contribution in [1.29, 1.82) is 0 Å². The molecular weight excluding hydrogens is 218 g/mol. The van der Waals surface area contributed by atoms with E-state index in [0.717, 1.165) is 11.7 Å². The molecule has 3 rings (SSSR count). The van der Waals surface area contributed by atoms with Crippen molar-refractivity contribution >= 4 is 11.8 Å². The van der Waals surface area contributed by atoms with Crippen LogP contribution < -0.4 is 5.32 Å². The Hall–Kier alpha value is -0.410. The Morgan fingerprint density at radius 1 is 1.44 bits per heavy atom. The molecule has 1 saturated heterocycles. The van der Waals surface area contributed by atoms with Crippen LogP contribution in [-0.4, -0.2) is 11.8 Å². The second-order valence-corrected chi connectivity index (χ2v) is 6.18. The molecule has 0 amide bonds. The monoisotopic (exact) mass is 237 g/mol. The van der Waals surface area contributed by atoms with E-state index in [2.05, 4.69) is 31.3 Å². The summed E-state index contributed by atoms with van der Waals surface area (Å²) in [5, 5.41) is 3.99. The molecule has 2 heterocycles. The predicted octanol–water partition coefficient (Wildman–Crippen LogP) is 3.52. The first-order valence-corrected chi connectivity index (χ1v) is 7.30. The first-order chi connectivity index (χ1) is 7.78. The average molecular weight is 237 g/mol. The predicted molar refractivity (Wildman–Crippen MR) is 67.6 cm³/mol. The van der Waals surface area contributed by atoms with Gasteiger partial charge >= 0.3 is 0 Å². The maximum Gasteiger partial charge on any atom is 0.131 e. The quantitative estimate of drug-likeness (QED) is 0.871. The molecule has 4 atom stereocenters. The molecule has 0 radical (unpaired) electrons. The Kier molecular flexibility index (Phi) is 2.76. The van der Waals surface area contributed by atoms with Crippen molar-refractivity contribution in [2.75, 3.05) is 5.75 Å². The number of nitrogens with one attached hydrogen (secondary N) is 1. The largest absolute Gasteiger partial charge is 0.463 e. The Balaban J connectivity index is 1.68. The number of hydrogen-bond acceptors (Lipinski definition) is 3. The van der Waals surface area contributed by atoms with Crippen LogP contribution in [0.1, 0.15) is 49.5 Å². The zero-order valence-electron chi connectivity index (χ0n) is 9.90. The van der Waals surface area contributed by atoms with Gasteiger partial charge in [0.1, 0.15) is 16.9 Å². The molecule has 1 aromatic heterocycles. The molecule has 3 heteroatoms. The zero-order chi connectivity index (χ0) is 11.1. The van der Waals surface area contributed by atoms with E-state index < -0.39 is 0 Å². The van der Waals surface area contributed by atoms with Gasteiger partial charge < -0.3 is 4.42 Å². The van der Waals surface area contributed by atoms with Crippen LogP contribution in [-0.2, 0) is 0 Å². The molecule has 1 aromatic rings. The maximum atomic E-state index is 5.97. The molecule has 1 N–H and O–H groups in total. The van der Waals surface area contributed by atoms with Crippen molar-refractivity contribution in [3.63, 3.8) is 0 Å². The SMILES string of the molecule is CCC1CSC(c2ccc(C3CC3C)o2)N1. The van der Waals surface area contributed by atoms with E-state index in [1.54, 1.807) is 0 Å². The van der Waals surface area contributed by atoms with Crippen LogP contribution in [0.2, 0.25) is 0 Å². The number of hydrogen-bond donors (Lipinski definition) is 1. The summed E-state index contributed by atoms with van der Waals surface area (Å²) in [6.07, 6.45) is 2.51. The minimum Gasteiger partial charge on any atom is -0.463 e. The molecule has 0 spiro atoms. The van der Waals surface area contributed by atoms with Crippen LogP contribution in [0.15, 0.2) is 16.5 Å². The number of furan rings is 1. The summed E-state index contributed by atoms with van der Waals surface area (Å²) in [7, 11) is 0. The Labute approximate surface area is 101 Å². The molecule has 2 nitrogen and oxygen atoms in total. The Bertz CT molecular complexity index is 376. The van der Waals surface area contributed by atoms with Gasteiger partial charge in [-0.05, 0) is 30.9 Å². The summed E-state index contributed by atoms with van der Waals surface area (Å²) in [4.78, 5) is 0. The molecule has 2 fully saturated rings. The second kappa shape index (κ2) is 4.11. The van der Waals surface area contributed by atoms with E-state index in [1.807, 2.05) is 11.8 Å². The van der Waals surface area contributed by atoms with Crippen molar-refractivity contribution in [2.45, 2.75) is 44.0 Å². The standard InChI is InChI=1S/C13H19NOS/c1-3-9-7-16-13(14-9)12-5-4-11(15-12)10-6-8(10)2/h4-5,8-10,13-14H,3,6-7H2,1-2H3. The molecule has 4 unspecified atom stereocenters. The number of rotatable bonds is 3. The average Bonchev–Trinajstić information content (AvgIpc) is 2.80. The Morgan fingerprint density at radius 2 is 2.19 bits per heavy atom. The lowest BCUT2D eigenvalue weighted by Gasteiger charge is -2.08. The first-order valence-electron chi connectivity index (χ1n) is 6.25. The van der Waals surface area contributed by atoms with Crippen molar-refractivity contribution in [3.05, 3.63) is 23.7 Å². The van der Waals surface area contributed by atoms with E-state index in [9.17, 15) is 0 Å². The summed E-state index contributed by atoms with van der Waals surface area (Å²) in [6, 6.07) is 4.98. The van der Waals surface area contributed by atoms with Crippen LogP contribution >= 0.6 is 11.8 Å². The van der Waals surface area contributed by atoms with Crippen molar-refractivity contribution in [2.24, 2.45) is 5.92 Å².